The molecule has 6 heteroatoms. The number of benzene rings is 1. The number of carbonyl (C=O) groups is 2. The summed E-state index contributed by atoms with van der Waals surface area (Å²) >= 11 is 0. The van der Waals surface area contributed by atoms with Gasteiger partial charge in [0.2, 0.25) is 5.91 Å². The van der Waals surface area contributed by atoms with Crippen LogP contribution in [0, 0.1) is 0 Å². The number of carbonyl (C=O) groups excluding carboxylic acids is 2. The second-order valence-electron chi connectivity index (χ2n) is 6.81. The summed E-state index contributed by atoms with van der Waals surface area (Å²) in [5.74, 6) is -0.455. The Hall–Kier alpha value is -3.41. The lowest BCUT2D eigenvalue weighted by Crippen LogP contribution is -2.23. The van der Waals surface area contributed by atoms with Gasteiger partial charge in [-0.3, -0.25) is 9.59 Å². The zero-order valence-electron chi connectivity index (χ0n) is 16.2. The van der Waals surface area contributed by atoms with Crippen LogP contribution in [0.25, 0.3) is 22.2 Å². The number of esters is 1. The highest BCUT2D eigenvalue weighted by molar-refractivity contribution is 6.01. The predicted molar refractivity (Wildman–Crippen MR) is 110 cm³/mol. The largest absolute Gasteiger partial charge is 0.463 e. The fraction of sp³-hybridized carbons (Fsp3) is 0.227. The molecule has 0 aliphatic carbocycles. The summed E-state index contributed by atoms with van der Waals surface area (Å²) in [5, 5.41) is 0.907. The minimum absolute atomic E-state index is 0.148. The van der Waals surface area contributed by atoms with Gasteiger partial charge in [-0.05, 0) is 49.2 Å². The summed E-state index contributed by atoms with van der Waals surface area (Å²) < 4.78 is 5.22. The van der Waals surface area contributed by atoms with Gasteiger partial charge in [-0.2, -0.15) is 0 Å². The highest BCUT2D eigenvalue weighted by atomic mass is 16.5. The molecule has 0 spiro atoms. The molecule has 0 fully saturated rings. The van der Waals surface area contributed by atoms with E-state index in [1.54, 1.807) is 13.2 Å². The van der Waals surface area contributed by atoms with Crippen molar-refractivity contribution in [1.29, 1.82) is 0 Å². The third kappa shape index (κ3) is 4.11. The van der Waals surface area contributed by atoms with Crippen molar-refractivity contribution >= 4 is 28.6 Å². The Morgan fingerprint density at radius 1 is 1.32 bits per heavy atom. The normalized spacial score (nSPS) is 10.9. The second-order valence-corrected chi connectivity index (χ2v) is 6.81. The van der Waals surface area contributed by atoms with Crippen molar-refractivity contribution in [1.82, 2.24) is 9.97 Å². The lowest BCUT2D eigenvalue weighted by atomic mass is 10.0. The van der Waals surface area contributed by atoms with Gasteiger partial charge >= 0.3 is 5.97 Å². The standard InChI is InChI=1S/C22H23N3O3/c1-5-20(26)25(4)17-8-6-7-16(11-17)19-13-24-22-18(19)9-15(12-23-22)10-21(27)28-14(2)3/h5-9,11-14H,1,10H2,2-4H3,(H,23,24). The quantitative estimate of drug-likeness (QED) is 0.523. The molecule has 2 aromatic heterocycles. The number of likely N-dealkylation sites (N-methyl/N-ethyl adjacent to an activating group) is 1. The zero-order chi connectivity index (χ0) is 20.3. The van der Waals surface area contributed by atoms with E-state index in [0.29, 0.717) is 0 Å². The second kappa shape index (κ2) is 8.08. The van der Waals surface area contributed by atoms with Crippen molar-refractivity contribution in [3.05, 3.63) is 60.9 Å². The van der Waals surface area contributed by atoms with E-state index in [2.05, 4.69) is 16.5 Å². The third-order valence-electron chi connectivity index (χ3n) is 4.35. The number of aromatic amines is 1. The van der Waals surface area contributed by atoms with Crippen LogP contribution in [0.3, 0.4) is 0 Å². The SMILES string of the molecule is C=CC(=O)N(C)c1cccc(-c2c[nH]c3ncc(CC(=O)OC(C)C)cc23)c1. The molecule has 2 heterocycles. The number of fused-ring (bicyclic) bond motifs is 1. The number of pyridine rings is 1. The first-order valence-corrected chi connectivity index (χ1v) is 9.05. The average Bonchev–Trinajstić information content (AvgIpc) is 3.09. The van der Waals surface area contributed by atoms with Crippen molar-refractivity contribution in [2.75, 3.05) is 11.9 Å². The molecule has 28 heavy (non-hydrogen) atoms. The van der Waals surface area contributed by atoms with Crippen LogP contribution in [0.5, 0.6) is 0 Å². The van der Waals surface area contributed by atoms with E-state index in [1.165, 1.54) is 11.0 Å². The molecule has 0 saturated heterocycles. The molecule has 0 radical (unpaired) electrons. The molecule has 1 N–H and O–H groups in total. The Kier molecular flexibility index (Phi) is 5.59. The van der Waals surface area contributed by atoms with Crippen LogP contribution in [0.15, 0.2) is 55.4 Å². The Bertz CT molecular complexity index is 1040. The molecule has 6 nitrogen and oxygen atoms in total. The molecule has 0 unspecified atom stereocenters. The van der Waals surface area contributed by atoms with E-state index >= 15 is 0 Å². The summed E-state index contributed by atoms with van der Waals surface area (Å²) in [6, 6.07) is 9.61. The van der Waals surface area contributed by atoms with Crippen LogP contribution in [0.1, 0.15) is 19.4 Å². The number of ether oxygens (including phenoxy) is 1. The van der Waals surface area contributed by atoms with Crippen molar-refractivity contribution in [2.45, 2.75) is 26.4 Å². The van der Waals surface area contributed by atoms with Gasteiger partial charge in [-0.25, -0.2) is 4.98 Å². The van der Waals surface area contributed by atoms with E-state index in [9.17, 15) is 9.59 Å². The fourth-order valence-corrected chi connectivity index (χ4v) is 3.00. The number of H-pyrrole nitrogens is 1. The van der Waals surface area contributed by atoms with E-state index in [-0.39, 0.29) is 24.4 Å². The van der Waals surface area contributed by atoms with E-state index in [1.807, 2.05) is 50.4 Å². The number of hydrogen-bond donors (Lipinski definition) is 1. The minimum Gasteiger partial charge on any atom is -0.463 e. The van der Waals surface area contributed by atoms with Gasteiger partial charge in [0.25, 0.3) is 0 Å². The molecule has 0 aliphatic heterocycles. The number of amides is 1. The number of nitrogens with one attached hydrogen (secondary N) is 1. The molecule has 0 aliphatic rings. The molecule has 144 valence electrons. The van der Waals surface area contributed by atoms with Crippen LogP contribution < -0.4 is 4.90 Å². The highest BCUT2D eigenvalue weighted by Crippen LogP contribution is 2.31. The summed E-state index contributed by atoms with van der Waals surface area (Å²) in [6.45, 7) is 7.18. The van der Waals surface area contributed by atoms with Crippen LogP contribution in [0.4, 0.5) is 5.69 Å². The summed E-state index contributed by atoms with van der Waals surface area (Å²) in [7, 11) is 1.71. The van der Waals surface area contributed by atoms with Crippen LogP contribution in [-0.2, 0) is 20.7 Å². The first kappa shape index (κ1) is 19.4. The molecule has 3 aromatic rings. The first-order chi connectivity index (χ1) is 13.4. The lowest BCUT2D eigenvalue weighted by Gasteiger charge is -2.16. The van der Waals surface area contributed by atoms with Crippen LogP contribution in [0.2, 0.25) is 0 Å². The van der Waals surface area contributed by atoms with Crippen LogP contribution >= 0.6 is 0 Å². The molecular weight excluding hydrogens is 354 g/mol. The summed E-state index contributed by atoms with van der Waals surface area (Å²) in [6.07, 6.45) is 4.86. The third-order valence-corrected chi connectivity index (χ3v) is 4.35. The van der Waals surface area contributed by atoms with Gasteiger partial charge < -0.3 is 14.6 Å². The van der Waals surface area contributed by atoms with Crippen molar-refractivity contribution in [3.8, 4) is 11.1 Å². The average molecular weight is 377 g/mol. The van der Waals surface area contributed by atoms with Gasteiger partial charge in [0.15, 0.2) is 0 Å². The Morgan fingerprint density at radius 2 is 2.11 bits per heavy atom. The molecule has 3 rings (SSSR count). The van der Waals surface area contributed by atoms with Gasteiger partial charge in [0.1, 0.15) is 5.65 Å². The van der Waals surface area contributed by atoms with Crippen LogP contribution in [-0.4, -0.2) is 35.0 Å². The molecule has 1 amide bonds. The number of aromatic nitrogens is 2. The predicted octanol–water partition coefficient (Wildman–Crippen LogP) is 3.87. The Balaban J connectivity index is 1.95. The number of rotatable bonds is 6. The molecule has 0 atom stereocenters. The number of nitrogens with zero attached hydrogens (tertiary/aromatic N) is 2. The summed E-state index contributed by atoms with van der Waals surface area (Å²) in [5.41, 5.74) is 4.17. The molecule has 0 saturated carbocycles. The number of anilines is 1. The first-order valence-electron chi connectivity index (χ1n) is 9.05. The maximum absolute atomic E-state index is 12.0. The number of hydrogen-bond acceptors (Lipinski definition) is 4. The minimum atomic E-state index is -0.278. The topological polar surface area (TPSA) is 75.3 Å². The van der Waals surface area contributed by atoms with Gasteiger partial charge in [-0.1, -0.05) is 18.7 Å². The van der Waals surface area contributed by atoms with E-state index in [0.717, 1.165) is 33.4 Å². The van der Waals surface area contributed by atoms with Gasteiger partial charge in [0, 0.05) is 36.1 Å². The fourth-order valence-electron chi connectivity index (χ4n) is 3.00. The van der Waals surface area contributed by atoms with Crippen molar-refractivity contribution in [2.24, 2.45) is 0 Å². The zero-order valence-corrected chi connectivity index (χ0v) is 16.2. The highest BCUT2D eigenvalue weighted by Gasteiger charge is 2.13. The Morgan fingerprint density at radius 3 is 2.82 bits per heavy atom. The van der Waals surface area contributed by atoms with Crippen molar-refractivity contribution < 1.29 is 14.3 Å². The van der Waals surface area contributed by atoms with E-state index in [4.69, 9.17) is 4.74 Å². The maximum Gasteiger partial charge on any atom is 0.310 e. The maximum atomic E-state index is 12.0. The van der Waals surface area contributed by atoms with Gasteiger partial charge in [-0.15, -0.1) is 0 Å². The monoisotopic (exact) mass is 377 g/mol. The molecule has 1 aromatic carbocycles. The van der Waals surface area contributed by atoms with E-state index < -0.39 is 0 Å². The Labute approximate surface area is 163 Å². The lowest BCUT2D eigenvalue weighted by molar-refractivity contribution is -0.146. The summed E-state index contributed by atoms with van der Waals surface area (Å²) in [4.78, 5) is 33.0. The smallest absolute Gasteiger partial charge is 0.310 e. The molecular formula is C22H23N3O3. The molecule has 0 bridgehead atoms. The van der Waals surface area contributed by atoms with Crippen molar-refractivity contribution in [3.63, 3.8) is 0 Å². The van der Waals surface area contributed by atoms with Gasteiger partial charge in [0.05, 0.1) is 12.5 Å².